The van der Waals surface area contributed by atoms with Crippen LogP contribution in [0.4, 0.5) is 101 Å². The van der Waals surface area contributed by atoms with Crippen molar-refractivity contribution in [2.75, 3.05) is 78.5 Å². The molecule has 6 rings (SSSR count). The molecule has 0 aromatic carbocycles. The fourth-order valence-corrected chi connectivity index (χ4v) is 8.52. The summed E-state index contributed by atoms with van der Waals surface area (Å²) < 4.78 is 237. The Morgan fingerprint density at radius 2 is 0.445 bits per heavy atom. The first kappa shape index (κ1) is 105. The van der Waals surface area contributed by atoms with Crippen LogP contribution in [0.5, 0.6) is 0 Å². The minimum Gasteiger partial charge on any atom is 2.00 e. The van der Waals surface area contributed by atoms with Gasteiger partial charge in [-0.2, -0.15) is 0 Å². The summed E-state index contributed by atoms with van der Waals surface area (Å²) in [6, 6.07) is 24.1. The molecule has 4 aromatic heterocycles. The molecule has 0 radical (unpaired) electrons. The molecule has 0 fully saturated rings. The molecule has 2 aliphatic heterocycles. The number of allylic oxidation sites excluding steroid dienone is 8. The molecule has 6 heterocycles. The molecule has 0 amide bonds. The van der Waals surface area contributed by atoms with Crippen LogP contribution in [-0.4, -0.2) is 146 Å². The Morgan fingerprint density at radius 3 is 0.600 bits per heavy atom. The first-order valence-corrected chi connectivity index (χ1v) is 40.7. The topological polar surface area (TPSA) is 199 Å². The molecule has 0 bridgehead atoms. The second kappa shape index (κ2) is 42.3. The van der Waals surface area contributed by atoms with Gasteiger partial charge in [-0.15, -0.1) is 0 Å². The molecule has 0 saturated heterocycles. The van der Waals surface area contributed by atoms with E-state index in [0.29, 0.717) is 26.2 Å². The van der Waals surface area contributed by atoms with Gasteiger partial charge in [-0.25, -0.2) is 0 Å². The van der Waals surface area contributed by atoms with Crippen molar-refractivity contribution in [3.05, 3.63) is 165 Å². The monoisotopic (exact) mass is 1780 g/mol. The minimum atomic E-state index is -10.7. The first-order chi connectivity index (χ1) is 48.9. The molecule has 0 unspecified atom stereocenters. The van der Waals surface area contributed by atoms with Crippen LogP contribution in [0.2, 0.25) is 0 Å². The van der Waals surface area contributed by atoms with E-state index in [0.717, 1.165) is 194 Å². The second-order valence-electron chi connectivity index (χ2n) is 23.4. The Bertz CT molecular complexity index is 3330. The van der Waals surface area contributed by atoms with Crippen molar-refractivity contribution >= 4 is 78.9 Å². The molecule has 16 nitrogen and oxygen atoms in total. The van der Waals surface area contributed by atoms with Crippen molar-refractivity contribution in [2.24, 2.45) is 39.9 Å². The molecule has 0 saturated carbocycles. The van der Waals surface area contributed by atoms with Gasteiger partial charge in [0.1, 0.15) is 0 Å². The van der Waals surface area contributed by atoms with E-state index in [-0.39, 0.29) is 33.0 Å². The molecule has 0 aliphatic carbocycles. The first-order valence-electron chi connectivity index (χ1n) is 32.6. The number of halogens is 24. The van der Waals surface area contributed by atoms with E-state index in [9.17, 15) is 101 Å². The average molecular weight is 1780 g/mol. The number of aliphatic imine (C=N–C) groups is 8. The van der Waals surface area contributed by atoms with Gasteiger partial charge in [-0.3, -0.25) is 59.9 Å². The largest absolute Gasteiger partial charge is 2.00 e. The van der Waals surface area contributed by atoms with E-state index in [1.807, 2.05) is 98.2 Å². The van der Waals surface area contributed by atoms with Gasteiger partial charge in [-0.05, 0) is 130 Å². The maximum Gasteiger partial charge on any atom is 2.00 e. The van der Waals surface area contributed by atoms with Crippen LogP contribution in [0.3, 0.4) is 0 Å². The number of hydrogen-bond acceptors (Lipinski definition) is 16. The van der Waals surface area contributed by atoms with Crippen LogP contribution >= 0.6 is 31.2 Å². The fourth-order valence-electron chi connectivity index (χ4n) is 8.52. The smallest absolute Gasteiger partial charge is 2.00 e. The Hall–Kier alpha value is -6.85. The maximum atomic E-state index is 9.87. The van der Waals surface area contributed by atoms with E-state index in [1.165, 1.54) is 0 Å². The molecule has 2 aliphatic rings. The average Bonchev–Trinajstić information content (AvgIpc) is 0.807. The van der Waals surface area contributed by atoms with Crippen molar-refractivity contribution in [2.45, 2.75) is 107 Å². The van der Waals surface area contributed by atoms with Crippen molar-refractivity contribution < 1.29 is 134 Å². The standard InChI is InChI=1S/2C32H44N8.4F6P.2Ni/c2*1-25-31(27(3)37-21-13-29-11-5-7-17-39-29)23-33-15-9-16-34-24-32(26(2)36-20-10-19-35-25)28(4)38-22-14-30-12-6-8-18-40-30;4*1-7(2,3,4,5)6;;/h2*5-8,11-12,17-18,23-24,37-38H,9-10,13-16,19-22H2,1-4H3;;;;;;/q;;4*-1;2*+2/b2*31-27-,32-28-,33-23?,34-24?,35-25?,36-26?;;;;;;. The van der Waals surface area contributed by atoms with Gasteiger partial charge in [0.2, 0.25) is 0 Å². The molecular formula is C64H88F24N16Ni2P4. The van der Waals surface area contributed by atoms with E-state index in [1.54, 1.807) is 0 Å². The van der Waals surface area contributed by atoms with E-state index >= 15 is 0 Å². The SMILES string of the molecule is CC1=NCCCN=C(C)/C(=C(/C)NCCc2ccccn2)C=NCCCN=C/C1=C(\C)NCCc1ccccn1.CC1=NCCCN=C(C)/C(=C(/C)NCCc2ccccn2)C=NCCCN=C/C1=C(\C)NCCc1ccccn1.F[P-](F)(F)(F)(F)F.F[P-](F)(F)(F)(F)F.F[P-](F)(F)(F)(F)F.F[P-](F)(F)(F)(F)F.[Ni+2].[Ni+2]. The van der Waals surface area contributed by atoms with E-state index in [2.05, 4.69) is 121 Å². The number of nitrogens with zero attached hydrogens (tertiary/aromatic N) is 12. The molecule has 632 valence electrons. The molecule has 0 spiro atoms. The summed E-state index contributed by atoms with van der Waals surface area (Å²) in [6.45, 7) is 25.6. The summed E-state index contributed by atoms with van der Waals surface area (Å²) in [6.07, 6.45) is 22.1. The van der Waals surface area contributed by atoms with Crippen molar-refractivity contribution in [3.8, 4) is 0 Å². The third kappa shape index (κ3) is 73.9. The summed E-state index contributed by atoms with van der Waals surface area (Å²) >= 11 is 0. The molecule has 4 aromatic rings. The van der Waals surface area contributed by atoms with Crippen LogP contribution in [0.1, 0.15) is 104 Å². The van der Waals surface area contributed by atoms with Crippen molar-refractivity contribution in [1.29, 1.82) is 0 Å². The number of hydrogen-bond donors (Lipinski definition) is 4. The van der Waals surface area contributed by atoms with Crippen molar-refractivity contribution in [1.82, 2.24) is 41.2 Å². The zero-order chi connectivity index (χ0) is 82.5. The number of nitrogens with one attached hydrogen (secondary N) is 4. The van der Waals surface area contributed by atoms with Gasteiger partial charge < -0.3 is 21.3 Å². The van der Waals surface area contributed by atoms with Gasteiger partial charge in [-0.1, -0.05) is 24.3 Å². The molecule has 4 N–H and O–H groups in total. The Morgan fingerprint density at radius 1 is 0.282 bits per heavy atom. The van der Waals surface area contributed by atoms with Crippen LogP contribution in [0, 0.1) is 0 Å². The third-order valence-corrected chi connectivity index (χ3v) is 13.2. The molecular weight excluding hydrogens is 1690 g/mol. The predicted molar refractivity (Wildman–Crippen MR) is 393 cm³/mol. The molecule has 110 heavy (non-hydrogen) atoms. The van der Waals surface area contributed by atoms with Gasteiger partial charge in [0, 0.05) is 245 Å². The normalized spacial score (nSPS) is 19.0. The van der Waals surface area contributed by atoms with E-state index in [4.69, 9.17) is 39.9 Å². The Balaban J connectivity index is 0. The van der Waals surface area contributed by atoms with Crippen LogP contribution in [0.25, 0.3) is 0 Å². The predicted octanol–water partition coefficient (Wildman–Crippen LogP) is 23.2. The minimum absolute atomic E-state index is 0. The number of pyridine rings is 4. The second-order valence-corrected chi connectivity index (χ2v) is 31.1. The summed E-state index contributed by atoms with van der Waals surface area (Å²) in [5.41, 5.74) is 16.8. The van der Waals surface area contributed by atoms with Gasteiger partial charge in [0.05, 0.1) is 0 Å². The molecule has 46 heteroatoms. The van der Waals surface area contributed by atoms with Crippen LogP contribution < -0.4 is 21.3 Å². The van der Waals surface area contributed by atoms with Gasteiger partial charge in [0.15, 0.2) is 0 Å². The Labute approximate surface area is 641 Å². The summed E-state index contributed by atoms with van der Waals surface area (Å²) in [5, 5.41) is 14.1. The molecule has 0 atom stereocenters. The van der Waals surface area contributed by atoms with Gasteiger partial charge in [0.25, 0.3) is 0 Å². The quantitative estimate of drug-likeness (QED) is 0.0482. The fraction of sp³-hybridized carbons (Fsp3) is 0.438. The summed E-state index contributed by atoms with van der Waals surface area (Å²) in [7, 11) is -42.6. The van der Waals surface area contributed by atoms with Crippen LogP contribution in [0.15, 0.2) is 183 Å². The number of aromatic nitrogens is 4. The Kier molecular flexibility index (Phi) is 40.5. The van der Waals surface area contributed by atoms with Crippen LogP contribution in [-0.2, 0) is 58.7 Å². The van der Waals surface area contributed by atoms with Gasteiger partial charge >= 0.3 is 165 Å². The third-order valence-electron chi connectivity index (χ3n) is 13.2. The zero-order valence-electron chi connectivity index (χ0n) is 60.5. The summed E-state index contributed by atoms with van der Waals surface area (Å²) in [4.78, 5) is 55.9. The van der Waals surface area contributed by atoms with E-state index < -0.39 is 31.2 Å². The van der Waals surface area contributed by atoms with Crippen molar-refractivity contribution in [3.63, 3.8) is 0 Å². The summed E-state index contributed by atoms with van der Waals surface area (Å²) in [5.74, 6) is 0. The number of rotatable bonds is 16. The zero-order valence-corrected chi connectivity index (χ0v) is 66.1. The maximum absolute atomic E-state index is 10.7.